The number of carbonyl (C=O) groups is 1. The lowest BCUT2D eigenvalue weighted by Crippen LogP contribution is -2.38. The number of ether oxygens (including phenoxy) is 1. The summed E-state index contributed by atoms with van der Waals surface area (Å²) in [5.74, 6) is 0.651. The standard InChI is InChI=1S/C22H25NO2/c24-22(12-11-19-7-3-1-4-8-19)23-15-13-21(14-16-23)18-25-17-20-9-5-2-6-10-20/h1-12,21H,13-18H2/b12-11+. The van der Waals surface area contributed by atoms with E-state index in [4.69, 9.17) is 4.74 Å². The minimum Gasteiger partial charge on any atom is -0.376 e. The molecule has 0 aliphatic carbocycles. The van der Waals surface area contributed by atoms with Gasteiger partial charge in [0.05, 0.1) is 6.61 Å². The van der Waals surface area contributed by atoms with E-state index in [9.17, 15) is 4.79 Å². The topological polar surface area (TPSA) is 29.5 Å². The van der Waals surface area contributed by atoms with E-state index >= 15 is 0 Å². The van der Waals surface area contributed by atoms with Gasteiger partial charge in [-0.1, -0.05) is 60.7 Å². The fourth-order valence-electron chi connectivity index (χ4n) is 3.07. The van der Waals surface area contributed by atoms with Crippen molar-refractivity contribution in [2.45, 2.75) is 19.4 Å². The van der Waals surface area contributed by atoms with E-state index in [0.29, 0.717) is 12.5 Å². The summed E-state index contributed by atoms with van der Waals surface area (Å²) in [6.07, 6.45) is 5.60. The molecule has 1 aliphatic heterocycles. The van der Waals surface area contributed by atoms with Crippen molar-refractivity contribution < 1.29 is 9.53 Å². The van der Waals surface area contributed by atoms with Crippen LogP contribution in [-0.4, -0.2) is 30.5 Å². The second-order valence-electron chi connectivity index (χ2n) is 6.51. The molecule has 3 nitrogen and oxygen atoms in total. The third-order valence-electron chi connectivity index (χ3n) is 4.61. The van der Waals surface area contributed by atoms with Gasteiger partial charge in [-0.3, -0.25) is 4.79 Å². The molecule has 0 atom stereocenters. The number of likely N-dealkylation sites (tertiary alicyclic amines) is 1. The Labute approximate surface area is 149 Å². The van der Waals surface area contributed by atoms with Crippen molar-refractivity contribution in [2.75, 3.05) is 19.7 Å². The third-order valence-corrected chi connectivity index (χ3v) is 4.61. The number of amides is 1. The van der Waals surface area contributed by atoms with Crippen molar-refractivity contribution in [3.63, 3.8) is 0 Å². The molecular weight excluding hydrogens is 310 g/mol. The van der Waals surface area contributed by atoms with Crippen LogP contribution in [0, 0.1) is 5.92 Å². The van der Waals surface area contributed by atoms with Crippen LogP contribution in [0.15, 0.2) is 66.7 Å². The van der Waals surface area contributed by atoms with Crippen LogP contribution in [0.1, 0.15) is 24.0 Å². The molecule has 0 unspecified atom stereocenters. The van der Waals surface area contributed by atoms with E-state index in [-0.39, 0.29) is 5.91 Å². The summed E-state index contributed by atoms with van der Waals surface area (Å²) in [4.78, 5) is 14.2. The van der Waals surface area contributed by atoms with E-state index in [1.165, 1.54) is 5.56 Å². The molecule has 3 rings (SSSR count). The first-order chi connectivity index (χ1) is 12.3. The van der Waals surface area contributed by atoms with Crippen molar-refractivity contribution in [2.24, 2.45) is 5.92 Å². The van der Waals surface area contributed by atoms with E-state index < -0.39 is 0 Å². The predicted octanol–water partition coefficient (Wildman–Crippen LogP) is 4.16. The van der Waals surface area contributed by atoms with Gasteiger partial charge in [0.1, 0.15) is 0 Å². The Kier molecular flexibility index (Phi) is 6.41. The summed E-state index contributed by atoms with van der Waals surface area (Å²) in [6.45, 7) is 3.07. The Morgan fingerprint density at radius 2 is 1.64 bits per heavy atom. The van der Waals surface area contributed by atoms with Crippen LogP contribution in [0.5, 0.6) is 0 Å². The van der Waals surface area contributed by atoms with Crippen molar-refractivity contribution >= 4 is 12.0 Å². The second kappa shape index (κ2) is 9.19. The second-order valence-corrected chi connectivity index (χ2v) is 6.51. The van der Waals surface area contributed by atoms with Crippen LogP contribution >= 0.6 is 0 Å². The Morgan fingerprint density at radius 3 is 2.32 bits per heavy atom. The smallest absolute Gasteiger partial charge is 0.246 e. The molecule has 0 aromatic heterocycles. The van der Waals surface area contributed by atoms with E-state index in [1.807, 2.05) is 59.5 Å². The molecule has 1 fully saturated rings. The number of hydrogen-bond acceptors (Lipinski definition) is 2. The fourth-order valence-corrected chi connectivity index (χ4v) is 3.07. The number of piperidine rings is 1. The van der Waals surface area contributed by atoms with E-state index in [2.05, 4.69) is 12.1 Å². The molecule has 1 aliphatic rings. The molecule has 130 valence electrons. The lowest BCUT2D eigenvalue weighted by atomic mass is 9.97. The van der Waals surface area contributed by atoms with Gasteiger partial charge in [-0.05, 0) is 36.0 Å². The maximum absolute atomic E-state index is 12.3. The summed E-state index contributed by atoms with van der Waals surface area (Å²) in [7, 11) is 0. The Morgan fingerprint density at radius 1 is 1.00 bits per heavy atom. The first kappa shape index (κ1) is 17.4. The molecule has 0 radical (unpaired) electrons. The predicted molar refractivity (Wildman–Crippen MR) is 101 cm³/mol. The maximum atomic E-state index is 12.3. The molecule has 0 N–H and O–H groups in total. The van der Waals surface area contributed by atoms with Crippen LogP contribution in [0.3, 0.4) is 0 Å². The van der Waals surface area contributed by atoms with Gasteiger partial charge in [-0.25, -0.2) is 0 Å². The average molecular weight is 335 g/mol. The van der Waals surface area contributed by atoms with Gasteiger partial charge in [-0.15, -0.1) is 0 Å². The summed E-state index contributed by atoms with van der Waals surface area (Å²) < 4.78 is 5.84. The number of rotatable bonds is 6. The largest absolute Gasteiger partial charge is 0.376 e. The summed E-state index contributed by atoms with van der Waals surface area (Å²) in [6, 6.07) is 20.2. The first-order valence-corrected chi connectivity index (χ1v) is 8.95. The quantitative estimate of drug-likeness (QED) is 0.742. The van der Waals surface area contributed by atoms with Gasteiger partial charge in [-0.2, -0.15) is 0 Å². The van der Waals surface area contributed by atoms with Gasteiger partial charge in [0.2, 0.25) is 5.91 Å². The molecule has 0 bridgehead atoms. The molecule has 0 saturated carbocycles. The summed E-state index contributed by atoms with van der Waals surface area (Å²) in [5.41, 5.74) is 2.27. The van der Waals surface area contributed by atoms with E-state index in [1.54, 1.807) is 6.08 Å². The monoisotopic (exact) mass is 335 g/mol. The average Bonchev–Trinajstić information content (AvgIpc) is 2.68. The lowest BCUT2D eigenvalue weighted by molar-refractivity contribution is -0.127. The number of hydrogen-bond donors (Lipinski definition) is 0. The summed E-state index contributed by atoms with van der Waals surface area (Å²) >= 11 is 0. The zero-order valence-electron chi connectivity index (χ0n) is 14.5. The highest BCUT2D eigenvalue weighted by molar-refractivity contribution is 5.91. The molecule has 3 heteroatoms. The van der Waals surface area contributed by atoms with Crippen LogP contribution in [-0.2, 0) is 16.1 Å². The van der Waals surface area contributed by atoms with Crippen molar-refractivity contribution in [3.8, 4) is 0 Å². The highest BCUT2D eigenvalue weighted by atomic mass is 16.5. The Hall–Kier alpha value is -2.39. The van der Waals surface area contributed by atoms with Crippen LogP contribution in [0.2, 0.25) is 0 Å². The van der Waals surface area contributed by atoms with Gasteiger partial charge in [0, 0.05) is 25.8 Å². The molecule has 2 aromatic carbocycles. The zero-order valence-corrected chi connectivity index (χ0v) is 14.5. The Balaban J connectivity index is 1.38. The first-order valence-electron chi connectivity index (χ1n) is 8.95. The van der Waals surface area contributed by atoms with Crippen LogP contribution in [0.25, 0.3) is 6.08 Å². The van der Waals surface area contributed by atoms with Gasteiger partial charge < -0.3 is 9.64 Å². The fraction of sp³-hybridized carbons (Fsp3) is 0.318. The third kappa shape index (κ3) is 5.57. The maximum Gasteiger partial charge on any atom is 0.246 e. The molecule has 0 spiro atoms. The van der Waals surface area contributed by atoms with Crippen molar-refractivity contribution in [1.82, 2.24) is 4.90 Å². The number of nitrogens with zero attached hydrogens (tertiary/aromatic N) is 1. The van der Waals surface area contributed by atoms with Gasteiger partial charge in [0.25, 0.3) is 0 Å². The van der Waals surface area contributed by atoms with Crippen LogP contribution < -0.4 is 0 Å². The minimum atomic E-state index is 0.104. The SMILES string of the molecule is O=C(/C=C/c1ccccc1)N1CCC(COCc2ccccc2)CC1. The molecular formula is C22H25NO2. The zero-order chi connectivity index (χ0) is 17.3. The lowest BCUT2D eigenvalue weighted by Gasteiger charge is -2.31. The van der Waals surface area contributed by atoms with Crippen molar-refractivity contribution in [1.29, 1.82) is 0 Å². The molecule has 1 amide bonds. The molecule has 2 aromatic rings. The molecule has 1 heterocycles. The highest BCUT2D eigenvalue weighted by Gasteiger charge is 2.21. The molecule has 25 heavy (non-hydrogen) atoms. The molecule has 1 saturated heterocycles. The van der Waals surface area contributed by atoms with E-state index in [0.717, 1.165) is 38.1 Å². The summed E-state index contributed by atoms with van der Waals surface area (Å²) in [5, 5.41) is 0. The normalized spacial score (nSPS) is 15.6. The Bertz CT molecular complexity index is 674. The van der Waals surface area contributed by atoms with Crippen molar-refractivity contribution in [3.05, 3.63) is 77.9 Å². The van der Waals surface area contributed by atoms with Gasteiger partial charge >= 0.3 is 0 Å². The number of carbonyl (C=O) groups excluding carboxylic acids is 1. The van der Waals surface area contributed by atoms with Crippen LogP contribution in [0.4, 0.5) is 0 Å². The van der Waals surface area contributed by atoms with Gasteiger partial charge in [0.15, 0.2) is 0 Å². The number of benzene rings is 2. The highest BCUT2D eigenvalue weighted by Crippen LogP contribution is 2.18. The minimum absolute atomic E-state index is 0.104.